The number of H-pyrrole nitrogens is 1. The first-order valence-electron chi connectivity index (χ1n) is 8.94. The van der Waals surface area contributed by atoms with Crippen molar-refractivity contribution in [1.29, 1.82) is 0 Å². The first-order chi connectivity index (χ1) is 12.3. The molecule has 0 bridgehead atoms. The molecule has 1 N–H and O–H groups in total. The monoisotopic (exact) mass is 336 g/mol. The Balaban J connectivity index is 1.72. The molecule has 0 atom stereocenters. The third-order valence-corrected chi connectivity index (χ3v) is 4.22. The topological polar surface area (TPSA) is 55.0 Å². The van der Waals surface area contributed by atoms with E-state index in [4.69, 9.17) is 4.74 Å². The number of hydrogen-bond acceptors (Lipinski definition) is 3. The Hall–Kier alpha value is -2.46. The number of aromatic amines is 1. The number of nitrogens with zero attached hydrogens (tertiary/aromatic N) is 1. The van der Waals surface area contributed by atoms with Crippen molar-refractivity contribution in [2.45, 2.75) is 39.2 Å². The molecule has 1 aromatic heterocycles. The molecule has 0 fully saturated rings. The molecule has 4 nitrogen and oxygen atoms in total. The molecule has 0 radical (unpaired) electrons. The fourth-order valence-electron chi connectivity index (χ4n) is 2.85. The number of para-hydroxylation sites is 1. The lowest BCUT2D eigenvalue weighted by Gasteiger charge is -2.07. The Morgan fingerprint density at radius 1 is 1.04 bits per heavy atom. The van der Waals surface area contributed by atoms with Gasteiger partial charge in [-0.15, -0.1) is 0 Å². The summed E-state index contributed by atoms with van der Waals surface area (Å²) >= 11 is 0. The Kier molecular flexibility index (Phi) is 5.96. The van der Waals surface area contributed by atoms with Crippen molar-refractivity contribution in [2.75, 3.05) is 6.61 Å². The quantitative estimate of drug-likeness (QED) is 0.607. The van der Waals surface area contributed by atoms with Gasteiger partial charge in [-0.3, -0.25) is 4.79 Å². The predicted octanol–water partition coefficient (Wildman–Crippen LogP) is 4.69. The highest BCUT2D eigenvalue weighted by atomic mass is 16.5. The summed E-state index contributed by atoms with van der Waals surface area (Å²) in [6, 6.07) is 15.4. The van der Waals surface area contributed by atoms with Crippen LogP contribution in [0.4, 0.5) is 0 Å². The second-order valence-corrected chi connectivity index (χ2v) is 6.25. The molecule has 0 aliphatic rings. The summed E-state index contributed by atoms with van der Waals surface area (Å²) in [4.78, 5) is 19.7. The van der Waals surface area contributed by atoms with Crippen LogP contribution in [0, 0.1) is 0 Å². The highest BCUT2D eigenvalue weighted by molar-refractivity contribution is 5.79. The fourth-order valence-corrected chi connectivity index (χ4v) is 2.85. The Bertz CT molecular complexity index is 886. The first-order valence-corrected chi connectivity index (χ1v) is 8.94. The van der Waals surface area contributed by atoms with Crippen LogP contribution in [-0.2, 0) is 11.3 Å². The van der Waals surface area contributed by atoms with E-state index in [0.29, 0.717) is 23.3 Å². The van der Waals surface area contributed by atoms with Crippen LogP contribution in [0.5, 0.6) is 0 Å². The molecule has 3 aromatic rings. The summed E-state index contributed by atoms with van der Waals surface area (Å²) in [5, 5.41) is 0.609. The smallest absolute Gasteiger partial charge is 0.259 e. The molecular formula is C21H24N2O2. The zero-order valence-electron chi connectivity index (χ0n) is 14.6. The van der Waals surface area contributed by atoms with Crippen LogP contribution in [0.15, 0.2) is 53.3 Å². The van der Waals surface area contributed by atoms with E-state index < -0.39 is 0 Å². The SMILES string of the molecule is CCCCCCOCc1cccc(-c2nc3ccccc3c(=O)[nH]2)c1. The minimum Gasteiger partial charge on any atom is -0.377 e. The largest absolute Gasteiger partial charge is 0.377 e. The highest BCUT2D eigenvalue weighted by Gasteiger charge is 2.06. The van der Waals surface area contributed by atoms with Gasteiger partial charge in [0, 0.05) is 12.2 Å². The maximum atomic E-state index is 12.2. The van der Waals surface area contributed by atoms with E-state index in [0.717, 1.165) is 24.2 Å². The minimum atomic E-state index is -0.113. The van der Waals surface area contributed by atoms with Crippen LogP contribution in [0.1, 0.15) is 38.2 Å². The van der Waals surface area contributed by atoms with Crippen molar-refractivity contribution in [3.8, 4) is 11.4 Å². The number of ether oxygens (including phenoxy) is 1. The molecule has 0 aliphatic heterocycles. The third-order valence-electron chi connectivity index (χ3n) is 4.22. The summed E-state index contributed by atoms with van der Waals surface area (Å²) in [7, 11) is 0. The van der Waals surface area contributed by atoms with Crippen LogP contribution in [0.25, 0.3) is 22.3 Å². The molecule has 3 rings (SSSR count). The molecule has 130 valence electrons. The Morgan fingerprint density at radius 3 is 2.80 bits per heavy atom. The van der Waals surface area contributed by atoms with Gasteiger partial charge in [-0.2, -0.15) is 0 Å². The van der Waals surface area contributed by atoms with E-state index in [1.54, 1.807) is 6.07 Å². The second-order valence-electron chi connectivity index (χ2n) is 6.25. The van der Waals surface area contributed by atoms with Gasteiger partial charge >= 0.3 is 0 Å². The van der Waals surface area contributed by atoms with Gasteiger partial charge in [0.1, 0.15) is 5.82 Å². The standard InChI is InChI=1S/C21H24N2O2/c1-2-3-4-7-13-25-15-16-9-8-10-17(14-16)20-22-19-12-6-5-11-18(19)21(24)23-20/h5-6,8-12,14H,2-4,7,13,15H2,1H3,(H,22,23,24). The highest BCUT2D eigenvalue weighted by Crippen LogP contribution is 2.18. The average Bonchev–Trinajstić information content (AvgIpc) is 2.65. The molecule has 25 heavy (non-hydrogen) atoms. The summed E-state index contributed by atoms with van der Waals surface area (Å²) in [5.74, 6) is 0.591. The Morgan fingerprint density at radius 2 is 1.92 bits per heavy atom. The van der Waals surface area contributed by atoms with Crippen LogP contribution < -0.4 is 5.56 Å². The molecular weight excluding hydrogens is 312 g/mol. The lowest BCUT2D eigenvalue weighted by Crippen LogP contribution is -2.09. The maximum Gasteiger partial charge on any atom is 0.259 e. The summed E-state index contributed by atoms with van der Waals surface area (Å²) in [6.45, 7) is 3.57. The van der Waals surface area contributed by atoms with Crippen LogP contribution in [0.3, 0.4) is 0 Å². The van der Waals surface area contributed by atoms with Gasteiger partial charge < -0.3 is 9.72 Å². The molecule has 0 spiro atoms. The molecule has 0 saturated heterocycles. The lowest BCUT2D eigenvalue weighted by atomic mass is 10.1. The van der Waals surface area contributed by atoms with Crippen molar-refractivity contribution in [3.63, 3.8) is 0 Å². The molecule has 0 saturated carbocycles. The number of rotatable bonds is 8. The number of aromatic nitrogens is 2. The van der Waals surface area contributed by atoms with E-state index in [9.17, 15) is 4.79 Å². The van der Waals surface area contributed by atoms with Gasteiger partial charge in [0.15, 0.2) is 0 Å². The average molecular weight is 336 g/mol. The van der Waals surface area contributed by atoms with Gasteiger partial charge in [-0.1, -0.05) is 56.5 Å². The summed E-state index contributed by atoms with van der Waals surface area (Å²) in [5.41, 5.74) is 2.58. The van der Waals surface area contributed by atoms with E-state index in [1.165, 1.54) is 19.3 Å². The molecule has 0 aliphatic carbocycles. The molecule has 0 unspecified atom stereocenters. The van der Waals surface area contributed by atoms with Crippen molar-refractivity contribution >= 4 is 10.9 Å². The first kappa shape index (κ1) is 17.4. The minimum absolute atomic E-state index is 0.113. The fraction of sp³-hybridized carbons (Fsp3) is 0.333. The van der Waals surface area contributed by atoms with Gasteiger partial charge in [-0.05, 0) is 30.2 Å². The van der Waals surface area contributed by atoms with E-state index >= 15 is 0 Å². The maximum absolute atomic E-state index is 12.2. The van der Waals surface area contributed by atoms with Gasteiger partial charge in [0.2, 0.25) is 0 Å². The number of hydrogen-bond donors (Lipinski definition) is 1. The molecule has 4 heteroatoms. The lowest BCUT2D eigenvalue weighted by molar-refractivity contribution is 0.117. The number of nitrogens with one attached hydrogen (secondary N) is 1. The second kappa shape index (κ2) is 8.58. The van der Waals surface area contributed by atoms with Gasteiger partial charge in [0.05, 0.1) is 17.5 Å². The van der Waals surface area contributed by atoms with Gasteiger partial charge in [-0.25, -0.2) is 4.98 Å². The van der Waals surface area contributed by atoms with Crippen LogP contribution in [0.2, 0.25) is 0 Å². The van der Waals surface area contributed by atoms with Crippen molar-refractivity contribution < 1.29 is 4.74 Å². The van der Waals surface area contributed by atoms with E-state index in [-0.39, 0.29) is 5.56 Å². The van der Waals surface area contributed by atoms with Crippen molar-refractivity contribution in [1.82, 2.24) is 9.97 Å². The number of unbranched alkanes of at least 4 members (excludes halogenated alkanes) is 3. The van der Waals surface area contributed by atoms with Crippen LogP contribution >= 0.6 is 0 Å². The molecule has 0 amide bonds. The van der Waals surface area contributed by atoms with Crippen molar-refractivity contribution in [2.24, 2.45) is 0 Å². The Labute approximate surface area is 147 Å². The normalized spacial score (nSPS) is 11.1. The zero-order chi connectivity index (χ0) is 17.5. The summed E-state index contributed by atoms with van der Waals surface area (Å²) in [6.07, 6.45) is 4.82. The third kappa shape index (κ3) is 4.54. The van der Waals surface area contributed by atoms with E-state index in [2.05, 4.69) is 16.9 Å². The molecule has 1 heterocycles. The number of benzene rings is 2. The van der Waals surface area contributed by atoms with E-state index in [1.807, 2.05) is 42.5 Å². The van der Waals surface area contributed by atoms with Crippen LogP contribution in [-0.4, -0.2) is 16.6 Å². The zero-order valence-corrected chi connectivity index (χ0v) is 14.6. The number of fused-ring (bicyclic) bond motifs is 1. The molecule has 2 aromatic carbocycles. The van der Waals surface area contributed by atoms with Gasteiger partial charge in [0.25, 0.3) is 5.56 Å². The van der Waals surface area contributed by atoms with Crippen molar-refractivity contribution in [3.05, 3.63) is 64.4 Å². The predicted molar refractivity (Wildman–Crippen MR) is 102 cm³/mol. The summed E-state index contributed by atoms with van der Waals surface area (Å²) < 4.78 is 5.76.